The van der Waals surface area contributed by atoms with Crippen LogP contribution in [0.4, 0.5) is 34.1 Å². The van der Waals surface area contributed by atoms with Gasteiger partial charge in [0.2, 0.25) is 0 Å². The number of nitrogens with zero attached hydrogens (tertiary/aromatic N) is 3. The first-order chi connectivity index (χ1) is 44.0. The number of rotatable bonds is 15. The zero-order valence-electron chi connectivity index (χ0n) is 49.1. The largest absolute Gasteiger partial charge is 0.311 e. The molecule has 14 aromatic carbocycles. The van der Waals surface area contributed by atoms with E-state index < -0.39 is 0 Å². The molecule has 89 heavy (non-hydrogen) atoms. The van der Waals surface area contributed by atoms with Crippen molar-refractivity contribution in [1.82, 2.24) is 4.57 Å². The third-order valence-electron chi connectivity index (χ3n) is 17.2. The highest BCUT2D eigenvalue weighted by atomic mass is 15.1. The summed E-state index contributed by atoms with van der Waals surface area (Å²) in [6.07, 6.45) is 1.89. The van der Waals surface area contributed by atoms with E-state index in [1.165, 1.54) is 77.4 Å². The Balaban J connectivity index is 0.723. The van der Waals surface area contributed by atoms with Crippen molar-refractivity contribution in [2.24, 2.45) is 0 Å². The van der Waals surface area contributed by atoms with Gasteiger partial charge in [0, 0.05) is 50.6 Å². The van der Waals surface area contributed by atoms with Crippen LogP contribution in [0.15, 0.2) is 358 Å². The first-order valence-electron chi connectivity index (χ1n) is 30.4. The van der Waals surface area contributed by atoms with Crippen LogP contribution in [0.25, 0.3) is 111 Å². The molecule has 0 bridgehead atoms. The smallest absolute Gasteiger partial charge is 0.0541 e. The molecule has 15 rings (SSSR count). The second-order valence-electron chi connectivity index (χ2n) is 22.6. The summed E-state index contributed by atoms with van der Waals surface area (Å²) in [5.74, 6) is 0. The molecule has 0 aliphatic heterocycles. The van der Waals surface area contributed by atoms with E-state index in [2.05, 4.69) is 373 Å². The van der Waals surface area contributed by atoms with Gasteiger partial charge in [-0.1, -0.05) is 261 Å². The maximum Gasteiger partial charge on any atom is 0.0541 e. The minimum atomic E-state index is 1.07. The number of para-hydroxylation sites is 1. The monoisotopic (exact) mass is 1140 g/mol. The minimum absolute atomic E-state index is 1.07. The van der Waals surface area contributed by atoms with Gasteiger partial charge in [-0.05, 0) is 187 Å². The zero-order valence-corrected chi connectivity index (χ0v) is 49.1. The lowest BCUT2D eigenvalue weighted by molar-refractivity contribution is 1.18. The molecule has 0 aliphatic rings. The highest BCUT2D eigenvalue weighted by Gasteiger charge is 2.18. The molecular weight excluding hydrogens is 1070 g/mol. The first kappa shape index (κ1) is 53.9. The molecule has 0 fully saturated rings. The van der Waals surface area contributed by atoms with Gasteiger partial charge in [0.05, 0.1) is 11.0 Å². The number of benzene rings is 14. The van der Waals surface area contributed by atoms with E-state index in [4.69, 9.17) is 0 Å². The maximum absolute atomic E-state index is 3.96. The molecule has 0 N–H and O–H groups in total. The van der Waals surface area contributed by atoms with Crippen LogP contribution in [0, 0.1) is 0 Å². The summed E-state index contributed by atoms with van der Waals surface area (Å²) < 4.78 is 2.36. The van der Waals surface area contributed by atoms with Crippen LogP contribution in [-0.4, -0.2) is 4.57 Å². The summed E-state index contributed by atoms with van der Waals surface area (Å²) in [5.41, 5.74) is 27.6. The van der Waals surface area contributed by atoms with E-state index >= 15 is 0 Å². The highest BCUT2D eigenvalue weighted by molar-refractivity contribution is 6.10. The van der Waals surface area contributed by atoms with E-state index in [9.17, 15) is 0 Å². The van der Waals surface area contributed by atoms with Crippen LogP contribution in [0.1, 0.15) is 5.56 Å². The fourth-order valence-electron chi connectivity index (χ4n) is 12.5. The van der Waals surface area contributed by atoms with Crippen molar-refractivity contribution in [3.05, 3.63) is 364 Å². The topological polar surface area (TPSA) is 11.4 Å². The molecule has 3 heteroatoms. The molecular formula is C86H61N3. The summed E-state index contributed by atoms with van der Waals surface area (Å²) in [5, 5.41) is 2.47. The van der Waals surface area contributed by atoms with E-state index in [0.717, 1.165) is 67.6 Å². The number of fused-ring (bicyclic) bond motifs is 3. The van der Waals surface area contributed by atoms with Gasteiger partial charge >= 0.3 is 0 Å². The van der Waals surface area contributed by atoms with Crippen LogP contribution in [0.3, 0.4) is 0 Å². The Hall–Kier alpha value is -11.8. The molecule has 0 amide bonds. The predicted octanol–water partition coefficient (Wildman–Crippen LogP) is 24.0. The van der Waals surface area contributed by atoms with Crippen molar-refractivity contribution in [2.45, 2.75) is 0 Å². The molecule has 15 aromatic rings. The normalized spacial score (nSPS) is 11.2. The lowest BCUT2D eigenvalue weighted by atomic mass is 9.98. The summed E-state index contributed by atoms with van der Waals surface area (Å²) in [7, 11) is 0. The van der Waals surface area contributed by atoms with Crippen LogP contribution >= 0.6 is 0 Å². The predicted molar refractivity (Wildman–Crippen MR) is 378 cm³/mol. The van der Waals surface area contributed by atoms with Gasteiger partial charge in [-0.3, -0.25) is 0 Å². The third-order valence-corrected chi connectivity index (χ3v) is 17.2. The van der Waals surface area contributed by atoms with E-state index in [1.54, 1.807) is 0 Å². The third kappa shape index (κ3) is 10.9. The average Bonchev–Trinajstić information content (AvgIpc) is 2.17. The molecule has 0 spiro atoms. The van der Waals surface area contributed by atoms with Crippen molar-refractivity contribution in [2.75, 3.05) is 9.80 Å². The van der Waals surface area contributed by atoms with Crippen LogP contribution in [0.2, 0.25) is 0 Å². The number of aromatic nitrogens is 1. The minimum Gasteiger partial charge on any atom is -0.311 e. The average molecular weight is 1140 g/mol. The van der Waals surface area contributed by atoms with Gasteiger partial charge in [0.25, 0.3) is 0 Å². The quantitative estimate of drug-likeness (QED) is 0.101. The fraction of sp³-hybridized carbons (Fsp3) is 0. The van der Waals surface area contributed by atoms with Gasteiger partial charge in [-0.15, -0.1) is 0 Å². The van der Waals surface area contributed by atoms with Crippen molar-refractivity contribution in [3.63, 3.8) is 0 Å². The first-order valence-corrected chi connectivity index (χ1v) is 30.4. The lowest BCUT2D eigenvalue weighted by Gasteiger charge is -2.27. The molecule has 0 saturated heterocycles. The molecule has 0 atom stereocenters. The number of anilines is 6. The molecule has 0 unspecified atom stereocenters. The summed E-state index contributed by atoms with van der Waals surface area (Å²) in [6.45, 7) is 3.96. The molecule has 1 heterocycles. The van der Waals surface area contributed by atoms with E-state index in [0.29, 0.717) is 0 Å². The van der Waals surface area contributed by atoms with Gasteiger partial charge in [-0.25, -0.2) is 0 Å². The zero-order chi connectivity index (χ0) is 59.5. The molecule has 1 aromatic heterocycles. The highest BCUT2D eigenvalue weighted by Crippen LogP contribution is 2.42. The summed E-state index contributed by atoms with van der Waals surface area (Å²) >= 11 is 0. The second kappa shape index (κ2) is 23.9. The van der Waals surface area contributed by atoms with Crippen molar-refractivity contribution >= 4 is 62.0 Å². The SMILES string of the molecule is C=Cc1ccc(-n2c3ccccc3c3cc(-c4ccc(-c5ccc(N(c6ccc(-c7ccc(-c8ccccc8)cc7)cc6)c6ccc(-c7ccc(N(c8ccc(-c9ccccc9)cc8)c8ccc(-c9ccccc9)cc8)cc7)cc6)cc5)cc4)ccc32)cc1. The van der Waals surface area contributed by atoms with Gasteiger partial charge < -0.3 is 14.4 Å². The van der Waals surface area contributed by atoms with Crippen LogP contribution in [0.5, 0.6) is 0 Å². The van der Waals surface area contributed by atoms with Crippen molar-refractivity contribution < 1.29 is 0 Å². The van der Waals surface area contributed by atoms with Crippen LogP contribution in [-0.2, 0) is 0 Å². The van der Waals surface area contributed by atoms with Gasteiger partial charge in [0.15, 0.2) is 0 Å². The molecule has 0 aliphatic carbocycles. The van der Waals surface area contributed by atoms with Gasteiger partial charge in [-0.2, -0.15) is 0 Å². The Kier molecular flexibility index (Phi) is 14.5. The van der Waals surface area contributed by atoms with E-state index in [-0.39, 0.29) is 0 Å². The Labute approximate surface area is 520 Å². The summed E-state index contributed by atoms with van der Waals surface area (Å²) in [4.78, 5) is 4.70. The second-order valence-corrected chi connectivity index (χ2v) is 22.6. The standard InChI is InChI=1S/C86H61N3/c1-2-61-22-45-82(46-23-61)89-85-21-13-12-20-83(85)84-60-75(44-59-86(84)89)74-30-28-67(29-31-74)71-38-53-79(54-39-71)88(78-51-36-70(37-52-78)66-26-24-65(25-27-66)62-14-6-3-7-15-62)81-57-42-73(43-58-81)72-40-55-80(56-41-72)87(76-47-32-68(33-48-76)63-16-8-4-9-17-63)77-49-34-69(35-50-77)64-18-10-5-11-19-64/h2-60H,1H2. The number of hydrogen-bond acceptors (Lipinski definition) is 2. The molecule has 0 radical (unpaired) electrons. The molecule has 0 saturated carbocycles. The fourth-order valence-corrected chi connectivity index (χ4v) is 12.5. The van der Waals surface area contributed by atoms with E-state index in [1.807, 2.05) is 6.08 Å². The Morgan fingerprint density at radius 1 is 0.213 bits per heavy atom. The Morgan fingerprint density at radius 3 is 0.775 bits per heavy atom. The summed E-state index contributed by atoms with van der Waals surface area (Å²) in [6, 6.07) is 127. The van der Waals surface area contributed by atoms with Crippen LogP contribution < -0.4 is 9.80 Å². The lowest BCUT2D eigenvalue weighted by Crippen LogP contribution is -2.10. The Bertz CT molecular complexity index is 4820. The maximum atomic E-state index is 3.96. The Morgan fingerprint density at radius 2 is 0.461 bits per heavy atom. The number of hydrogen-bond donors (Lipinski definition) is 0. The van der Waals surface area contributed by atoms with Crippen molar-refractivity contribution in [1.29, 1.82) is 0 Å². The van der Waals surface area contributed by atoms with Crippen molar-refractivity contribution in [3.8, 4) is 83.6 Å². The molecule has 3 nitrogen and oxygen atoms in total. The molecule has 420 valence electrons. The van der Waals surface area contributed by atoms with Gasteiger partial charge in [0.1, 0.15) is 0 Å².